The first kappa shape index (κ1) is 28.1. The molecule has 3 N–H and O–H groups in total. The lowest BCUT2D eigenvalue weighted by molar-refractivity contribution is -0.120. The summed E-state index contributed by atoms with van der Waals surface area (Å²) >= 11 is 1.06. The van der Waals surface area contributed by atoms with Gasteiger partial charge in [-0.3, -0.25) is 9.52 Å². The maximum absolute atomic E-state index is 12.6. The number of halogens is 1. The summed E-state index contributed by atoms with van der Waals surface area (Å²) in [5, 5.41) is 0.471. The summed E-state index contributed by atoms with van der Waals surface area (Å²) < 4.78 is 25.8. The minimum absolute atomic E-state index is 0.0149. The van der Waals surface area contributed by atoms with Crippen molar-refractivity contribution in [1.29, 1.82) is 0 Å². The highest BCUT2D eigenvalue weighted by Crippen LogP contribution is 2.29. The van der Waals surface area contributed by atoms with Crippen LogP contribution in [0.25, 0.3) is 0 Å². The second-order valence-corrected chi connectivity index (χ2v) is 8.37. The second-order valence-electron chi connectivity index (χ2n) is 7.55. The molecule has 3 aromatic rings. The van der Waals surface area contributed by atoms with Crippen molar-refractivity contribution < 1.29 is 18.7 Å². The fourth-order valence-corrected chi connectivity index (χ4v) is 3.12. The van der Waals surface area contributed by atoms with E-state index in [1.165, 1.54) is 11.6 Å². The van der Waals surface area contributed by atoms with Crippen molar-refractivity contribution in [2.75, 3.05) is 19.8 Å². The van der Waals surface area contributed by atoms with E-state index in [1.807, 2.05) is 49.4 Å². The average Bonchev–Trinajstić information content (AvgIpc) is 3.72. The van der Waals surface area contributed by atoms with Crippen LogP contribution in [-0.2, 0) is 4.79 Å². The topological polar surface area (TPSA) is 99.4 Å². The molecule has 4 rings (SSSR count). The molecule has 0 bridgehead atoms. The molecule has 7 nitrogen and oxygen atoms in total. The maximum Gasteiger partial charge on any atom is 0.233 e. The number of pyridine rings is 2. The summed E-state index contributed by atoms with van der Waals surface area (Å²) in [5.74, 6) is 1.27. The monoisotopic (exact) mass is 500 g/mol. The third-order valence-corrected chi connectivity index (χ3v) is 5.20. The van der Waals surface area contributed by atoms with Gasteiger partial charge < -0.3 is 15.2 Å². The number of benzene rings is 1. The van der Waals surface area contributed by atoms with E-state index < -0.39 is 5.95 Å². The van der Waals surface area contributed by atoms with Crippen molar-refractivity contribution in [2.24, 2.45) is 11.7 Å². The summed E-state index contributed by atoms with van der Waals surface area (Å²) in [6, 6.07) is 18.1. The van der Waals surface area contributed by atoms with Crippen LogP contribution in [-0.4, -0.2) is 35.6 Å². The molecule has 2 aromatic heterocycles. The molecule has 1 aromatic carbocycles. The Morgan fingerprint density at radius 3 is 2.49 bits per heavy atom. The lowest BCUT2D eigenvalue weighted by atomic mass is 10.2. The number of hydrogen-bond donors (Lipinski definition) is 2. The van der Waals surface area contributed by atoms with Gasteiger partial charge in [0.15, 0.2) is 0 Å². The van der Waals surface area contributed by atoms with Gasteiger partial charge in [0.1, 0.15) is 10.8 Å². The van der Waals surface area contributed by atoms with Crippen LogP contribution in [0.5, 0.6) is 11.6 Å². The summed E-state index contributed by atoms with van der Waals surface area (Å²) in [4.78, 5) is 18.8. The van der Waals surface area contributed by atoms with Crippen molar-refractivity contribution in [1.82, 2.24) is 14.7 Å². The third-order valence-electron chi connectivity index (χ3n) is 4.46. The highest BCUT2D eigenvalue weighted by atomic mass is 32.2. The van der Waals surface area contributed by atoms with E-state index >= 15 is 0 Å². The van der Waals surface area contributed by atoms with Crippen molar-refractivity contribution in [3.8, 4) is 11.6 Å². The van der Waals surface area contributed by atoms with Gasteiger partial charge in [0.25, 0.3) is 0 Å². The molecule has 0 saturated heterocycles. The molecule has 9 heteroatoms. The Labute approximate surface area is 210 Å². The van der Waals surface area contributed by atoms with Gasteiger partial charge in [-0.15, -0.1) is 0 Å². The predicted molar refractivity (Wildman–Crippen MR) is 137 cm³/mol. The van der Waals surface area contributed by atoms with Gasteiger partial charge in [-0.25, -0.2) is 9.97 Å². The Hall–Kier alpha value is -3.17. The van der Waals surface area contributed by atoms with E-state index in [9.17, 15) is 9.18 Å². The van der Waals surface area contributed by atoms with Gasteiger partial charge in [-0.05, 0) is 70.0 Å². The highest BCUT2D eigenvalue weighted by Gasteiger charge is 2.29. The Morgan fingerprint density at radius 2 is 1.89 bits per heavy atom. The molecule has 0 unspecified atom stereocenters. The zero-order valence-corrected chi connectivity index (χ0v) is 21.0. The molecule has 0 atom stereocenters. The first-order valence-electron chi connectivity index (χ1n) is 11.5. The number of amides is 1. The highest BCUT2D eigenvalue weighted by molar-refractivity contribution is 7.97. The number of aromatic nitrogens is 2. The first-order valence-corrected chi connectivity index (χ1v) is 12.4. The number of hydrogen-bond acceptors (Lipinski definition) is 7. The number of carbonyl (C=O) groups excluding carboxylic acids is 1. The van der Waals surface area contributed by atoms with Crippen LogP contribution >= 0.6 is 11.9 Å². The van der Waals surface area contributed by atoms with Crippen LogP contribution in [0.3, 0.4) is 0 Å². The molecule has 0 aliphatic heterocycles. The average molecular weight is 501 g/mol. The van der Waals surface area contributed by atoms with Crippen molar-refractivity contribution in [3.05, 3.63) is 78.4 Å². The lowest BCUT2D eigenvalue weighted by Crippen LogP contribution is -2.17. The molecule has 1 amide bonds. The molecule has 1 saturated carbocycles. The molecule has 188 valence electrons. The minimum atomic E-state index is -0.532. The fraction of sp³-hybridized carbons (Fsp3) is 0.346. The fourth-order valence-electron chi connectivity index (χ4n) is 2.47. The van der Waals surface area contributed by atoms with E-state index in [1.54, 1.807) is 18.3 Å². The van der Waals surface area contributed by atoms with E-state index in [2.05, 4.69) is 21.6 Å². The Bertz CT molecular complexity index is 989. The van der Waals surface area contributed by atoms with Crippen molar-refractivity contribution in [2.45, 2.75) is 38.1 Å². The van der Waals surface area contributed by atoms with Crippen LogP contribution in [0, 0.1) is 18.8 Å². The van der Waals surface area contributed by atoms with Crippen LogP contribution in [0.1, 0.15) is 31.7 Å². The van der Waals surface area contributed by atoms with E-state index in [4.69, 9.17) is 15.2 Å². The maximum atomic E-state index is 12.6. The number of nitrogens with two attached hydrogens (primary N) is 1. The van der Waals surface area contributed by atoms with E-state index in [-0.39, 0.29) is 11.8 Å². The number of nitrogens with one attached hydrogen (secondary N) is 1. The summed E-state index contributed by atoms with van der Waals surface area (Å²) in [7, 11) is 0. The van der Waals surface area contributed by atoms with Gasteiger partial charge in [-0.2, -0.15) is 4.39 Å². The third kappa shape index (κ3) is 12.8. The Balaban J connectivity index is 0.000000190. The zero-order chi connectivity index (χ0) is 25.3. The lowest BCUT2D eigenvalue weighted by Gasteiger charge is -2.04. The van der Waals surface area contributed by atoms with Crippen LogP contribution in [0.4, 0.5) is 4.39 Å². The second kappa shape index (κ2) is 16.5. The van der Waals surface area contributed by atoms with Gasteiger partial charge >= 0.3 is 0 Å². The normalized spacial score (nSPS) is 11.8. The Morgan fingerprint density at radius 1 is 1.11 bits per heavy atom. The minimum Gasteiger partial charge on any atom is -0.494 e. The smallest absolute Gasteiger partial charge is 0.233 e. The standard InChI is InChI=1S/C10H15NO.C9H9FN2OS.C7H9NO/c1-9-3-5-10(6-4-9)12-8-2-7-11;10-7-2-1-3-8(11-7)14-12-9(13)6-4-5-6;1-2-9-7-5-3-4-6-8-7/h3-6H,2,7-8,11H2,1H3;1-3,6H,4-5H2,(H,12,13);3-6H,2H2,1H3. The number of aryl methyl sites for hydroxylation is 1. The molecule has 0 radical (unpaired) electrons. The number of rotatable bonds is 9. The van der Waals surface area contributed by atoms with Gasteiger partial charge in [0, 0.05) is 30.1 Å². The summed E-state index contributed by atoms with van der Waals surface area (Å²) in [6.07, 6.45) is 4.55. The van der Waals surface area contributed by atoms with Crippen LogP contribution in [0.15, 0.2) is 71.9 Å². The molecule has 2 heterocycles. The number of ether oxygens (including phenoxy) is 2. The number of nitrogens with zero attached hydrogens (tertiary/aromatic N) is 2. The van der Waals surface area contributed by atoms with Crippen LogP contribution < -0.4 is 19.9 Å². The summed E-state index contributed by atoms with van der Waals surface area (Å²) in [6.45, 7) is 6.07. The first-order chi connectivity index (χ1) is 17.0. The van der Waals surface area contributed by atoms with Gasteiger partial charge in [0.05, 0.1) is 13.2 Å². The van der Waals surface area contributed by atoms with E-state index in [0.29, 0.717) is 30.7 Å². The molecule has 0 spiro atoms. The largest absolute Gasteiger partial charge is 0.494 e. The number of carbonyl (C=O) groups is 1. The van der Waals surface area contributed by atoms with Crippen molar-refractivity contribution >= 4 is 17.9 Å². The zero-order valence-electron chi connectivity index (χ0n) is 20.2. The molecule has 1 fully saturated rings. The predicted octanol–water partition coefficient (Wildman–Crippen LogP) is 4.96. The molecule has 1 aliphatic rings. The van der Waals surface area contributed by atoms with Gasteiger partial charge in [0.2, 0.25) is 17.7 Å². The van der Waals surface area contributed by atoms with E-state index in [0.717, 1.165) is 37.0 Å². The summed E-state index contributed by atoms with van der Waals surface area (Å²) in [5.41, 5.74) is 6.59. The van der Waals surface area contributed by atoms with Gasteiger partial charge in [-0.1, -0.05) is 29.8 Å². The molecular formula is C26H33FN4O3S. The molecular weight excluding hydrogens is 467 g/mol. The quantitative estimate of drug-likeness (QED) is 0.243. The SMILES string of the molecule is CCOc1ccccn1.Cc1ccc(OCCCN)cc1.O=C(NSc1cccc(F)n1)C1CC1. The van der Waals surface area contributed by atoms with Crippen molar-refractivity contribution in [3.63, 3.8) is 0 Å². The molecule has 1 aliphatic carbocycles. The Kier molecular flexibility index (Phi) is 13.2. The molecule has 35 heavy (non-hydrogen) atoms. The van der Waals surface area contributed by atoms with Crippen LogP contribution in [0.2, 0.25) is 0 Å².